The van der Waals surface area contributed by atoms with Crippen LogP contribution in [0.5, 0.6) is 5.88 Å². The molecule has 7 heteroatoms. The van der Waals surface area contributed by atoms with E-state index in [1.165, 1.54) is 6.07 Å². The Kier molecular flexibility index (Phi) is 5.41. The van der Waals surface area contributed by atoms with Gasteiger partial charge in [-0.2, -0.15) is 8.78 Å². The number of nitrogens with zero attached hydrogens (tertiary/aromatic N) is 1. The molecule has 2 heterocycles. The smallest absolute Gasteiger partial charge is 0.388 e. The van der Waals surface area contributed by atoms with Crippen LogP contribution < -0.4 is 10.1 Å². The second kappa shape index (κ2) is 7.60. The van der Waals surface area contributed by atoms with Crippen LogP contribution in [0.1, 0.15) is 36.6 Å². The fourth-order valence-corrected chi connectivity index (χ4v) is 3.20. The number of hydrogen-bond acceptors (Lipinski definition) is 4. The van der Waals surface area contributed by atoms with E-state index in [4.69, 9.17) is 4.74 Å². The van der Waals surface area contributed by atoms with Crippen LogP contribution in [0, 0.1) is 6.92 Å². The summed E-state index contributed by atoms with van der Waals surface area (Å²) < 4.78 is 35.2. The molecule has 144 valence electrons. The summed E-state index contributed by atoms with van der Waals surface area (Å²) in [5.41, 5.74) is 1.70. The molecule has 1 fully saturated rings. The zero-order valence-corrected chi connectivity index (χ0v) is 15.5. The lowest BCUT2D eigenvalue weighted by Crippen LogP contribution is -2.56. The monoisotopic (exact) mass is 376 g/mol. The quantitative estimate of drug-likeness (QED) is 0.827. The molecule has 2 aromatic rings. The Morgan fingerprint density at radius 1 is 1.22 bits per heavy atom. The number of aryl methyl sites for hydroxylation is 1. The van der Waals surface area contributed by atoms with E-state index in [1.54, 1.807) is 13.0 Å². The Balaban J connectivity index is 1.94. The lowest BCUT2D eigenvalue weighted by Gasteiger charge is -2.41. The van der Waals surface area contributed by atoms with Crippen LogP contribution in [0.3, 0.4) is 0 Å². The fourth-order valence-electron chi connectivity index (χ4n) is 3.20. The largest absolute Gasteiger partial charge is 0.415 e. The third-order valence-corrected chi connectivity index (χ3v) is 4.68. The number of nitrogens with one attached hydrogen (secondary N) is 1. The summed E-state index contributed by atoms with van der Waals surface area (Å²) >= 11 is 0. The van der Waals surface area contributed by atoms with Crippen LogP contribution in [0.15, 0.2) is 36.4 Å². The number of pyridine rings is 1. The Hall–Kier alpha value is -2.54. The van der Waals surface area contributed by atoms with E-state index >= 15 is 0 Å². The van der Waals surface area contributed by atoms with Crippen LogP contribution in [0.2, 0.25) is 0 Å². The Morgan fingerprint density at radius 3 is 2.52 bits per heavy atom. The van der Waals surface area contributed by atoms with Crippen molar-refractivity contribution in [2.45, 2.75) is 38.7 Å². The highest BCUT2D eigenvalue weighted by atomic mass is 19.3. The SMILES string of the molecule is Cc1ccc(NC(=O)C2(c3ccccc3C(C)C)COC2)c(OC(F)F)n1. The van der Waals surface area contributed by atoms with Gasteiger partial charge in [-0.05, 0) is 36.1 Å². The highest BCUT2D eigenvalue weighted by Crippen LogP contribution is 2.39. The Labute approximate surface area is 156 Å². The zero-order valence-electron chi connectivity index (χ0n) is 15.5. The van der Waals surface area contributed by atoms with Crippen molar-refractivity contribution < 1.29 is 23.0 Å². The van der Waals surface area contributed by atoms with Gasteiger partial charge in [-0.1, -0.05) is 38.1 Å². The number of ether oxygens (including phenoxy) is 2. The molecule has 27 heavy (non-hydrogen) atoms. The molecule has 1 aliphatic heterocycles. The van der Waals surface area contributed by atoms with Crippen LogP contribution in [0.4, 0.5) is 14.5 Å². The average molecular weight is 376 g/mol. The van der Waals surface area contributed by atoms with Crippen molar-refractivity contribution in [3.8, 4) is 5.88 Å². The van der Waals surface area contributed by atoms with Gasteiger partial charge in [-0.3, -0.25) is 4.79 Å². The van der Waals surface area contributed by atoms with Crippen molar-refractivity contribution >= 4 is 11.6 Å². The number of benzene rings is 1. The van der Waals surface area contributed by atoms with E-state index in [-0.39, 0.29) is 36.6 Å². The third-order valence-electron chi connectivity index (χ3n) is 4.68. The number of aromatic nitrogens is 1. The van der Waals surface area contributed by atoms with Crippen LogP contribution in [-0.2, 0) is 14.9 Å². The molecule has 0 radical (unpaired) electrons. The van der Waals surface area contributed by atoms with Crippen molar-refractivity contribution in [2.24, 2.45) is 0 Å². The van der Waals surface area contributed by atoms with Gasteiger partial charge in [0.25, 0.3) is 0 Å². The maximum absolute atomic E-state index is 13.2. The number of hydrogen-bond donors (Lipinski definition) is 1. The van der Waals surface area contributed by atoms with E-state index in [2.05, 4.69) is 28.9 Å². The van der Waals surface area contributed by atoms with Gasteiger partial charge in [0.15, 0.2) is 0 Å². The van der Waals surface area contributed by atoms with Gasteiger partial charge in [-0.15, -0.1) is 0 Å². The maximum atomic E-state index is 13.2. The number of alkyl halides is 2. The third kappa shape index (κ3) is 3.78. The molecule has 5 nitrogen and oxygen atoms in total. The number of halogens is 2. The first-order chi connectivity index (χ1) is 12.8. The summed E-state index contributed by atoms with van der Waals surface area (Å²) in [7, 11) is 0. The molecule has 1 amide bonds. The van der Waals surface area contributed by atoms with Gasteiger partial charge in [0, 0.05) is 5.69 Å². The maximum Gasteiger partial charge on any atom is 0.388 e. The molecule has 0 atom stereocenters. The van der Waals surface area contributed by atoms with E-state index in [1.807, 2.05) is 24.3 Å². The lowest BCUT2D eigenvalue weighted by molar-refractivity contribution is -0.139. The first-order valence-corrected chi connectivity index (χ1v) is 8.74. The molecular weight excluding hydrogens is 354 g/mol. The normalized spacial score (nSPS) is 15.5. The topological polar surface area (TPSA) is 60.5 Å². The molecular formula is C20H22F2N2O3. The molecule has 1 N–H and O–H groups in total. The Morgan fingerprint density at radius 2 is 1.93 bits per heavy atom. The minimum Gasteiger partial charge on any atom is -0.415 e. The van der Waals surface area contributed by atoms with Gasteiger partial charge in [0.2, 0.25) is 11.8 Å². The predicted molar refractivity (Wildman–Crippen MR) is 97.3 cm³/mol. The minimum absolute atomic E-state index is 0.110. The van der Waals surface area contributed by atoms with Crippen molar-refractivity contribution in [2.75, 3.05) is 18.5 Å². The number of carbonyl (C=O) groups excluding carboxylic acids is 1. The van der Waals surface area contributed by atoms with Gasteiger partial charge >= 0.3 is 6.61 Å². The summed E-state index contributed by atoms with van der Waals surface area (Å²) in [5.74, 6) is -0.400. The van der Waals surface area contributed by atoms with Gasteiger partial charge in [0.05, 0.1) is 13.2 Å². The summed E-state index contributed by atoms with van der Waals surface area (Å²) in [6.45, 7) is 3.20. The molecule has 0 saturated carbocycles. The number of rotatable bonds is 6. The van der Waals surface area contributed by atoms with Crippen LogP contribution in [0.25, 0.3) is 0 Å². The second-order valence-corrected chi connectivity index (χ2v) is 6.95. The molecule has 1 aliphatic rings. The molecule has 1 aromatic carbocycles. The molecule has 0 unspecified atom stereocenters. The van der Waals surface area contributed by atoms with Crippen molar-refractivity contribution in [1.29, 1.82) is 0 Å². The van der Waals surface area contributed by atoms with E-state index in [0.717, 1.165) is 11.1 Å². The highest BCUT2D eigenvalue weighted by Gasteiger charge is 2.49. The summed E-state index contributed by atoms with van der Waals surface area (Å²) in [6.07, 6.45) is 0. The summed E-state index contributed by atoms with van der Waals surface area (Å²) in [6, 6.07) is 10.9. The van der Waals surface area contributed by atoms with E-state index in [9.17, 15) is 13.6 Å². The number of amides is 1. The molecule has 1 aromatic heterocycles. The minimum atomic E-state index is -3.03. The fraction of sp³-hybridized carbons (Fsp3) is 0.400. The molecule has 0 aliphatic carbocycles. The average Bonchev–Trinajstić information content (AvgIpc) is 2.56. The number of carbonyl (C=O) groups is 1. The standard InChI is InChI=1S/C20H22F2N2O3/c1-12(2)14-6-4-5-7-15(14)20(10-26-11-20)18(25)24-16-9-8-13(3)23-17(16)27-19(21)22/h4-9,12,19H,10-11H2,1-3H3,(H,24,25). The molecule has 3 rings (SSSR count). The van der Waals surface area contributed by atoms with Crippen LogP contribution in [-0.4, -0.2) is 30.7 Å². The Bertz CT molecular complexity index is 836. The molecule has 1 saturated heterocycles. The summed E-state index contributed by atoms with van der Waals surface area (Å²) in [5, 5.41) is 2.71. The van der Waals surface area contributed by atoms with Crippen molar-refractivity contribution in [1.82, 2.24) is 4.98 Å². The number of anilines is 1. The van der Waals surface area contributed by atoms with Gasteiger partial charge < -0.3 is 14.8 Å². The van der Waals surface area contributed by atoms with Crippen molar-refractivity contribution in [3.05, 3.63) is 53.2 Å². The molecule has 0 bridgehead atoms. The lowest BCUT2D eigenvalue weighted by atomic mass is 9.73. The second-order valence-electron chi connectivity index (χ2n) is 6.95. The zero-order chi connectivity index (χ0) is 19.6. The summed E-state index contributed by atoms with van der Waals surface area (Å²) in [4.78, 5) is 17.1. The highest BCUT2D eigenvalue weighted by molar-refractivity contribution is 6.01. The first kappa shape index (κ1) is 19.2. The van der Waals surface area contributed by atoms with Gasteiger partial charge in [0.1, 0.15) is 11.1 Å². The van der Waals surface area contributed by atoms with Crippen molar-refractivity contribution in [3.63, 3.8) is 0 Å². The predicted octanol–water partition coefficient (Wildman–Crippen LogP) is 4.02. The first-order valence-electron chi connectivity index (χ1n) is 8.74. The van der Waals surface area contributed by atoms with Gasteiger partial charge in [-0.25, -0.2) is 4.98 Å². The van der Waals surface area contributed by atoms with Crippen LogP contribution >= 0.6 is 0 Å². The molecule has 0 spiro atoms. The van der Waals surface area contributed by atoms with E-state index < -0.39 is 12.0 Å². The van der Waals surface area contributed by atoms with E-state index in [0.29, 0.717) is 5.69 Å².